The molecule has 0 aliphatic carbocycles. The second-order valence-corrected chi connectivity index (χ2v) is 5.24. The molecule has 2 rings (SSSR count). The number of hydrogen-bond donors (Lipinski definition) is 1. The summed E-state index contributed by atoms with van der Waals surface area (Å²) in [6, 6.07) is 14.2. The Labute approximate surface area is 146 Å². The first-order valence-corrected chi connectivity index (χ1v) is 7.82. The fourth-order valence-electron chi connectivity index (χ4n) is 2.45. The minimum atomic E-state index is -0.397. The molecule has 5 heteroatoms. The van der Waals surface area contributed by atoms with Gasteiger partial charge in [0.05, 0.1) is 12.7 Å². The molecular formula is C20H19NO4. The van der Waals surface area contributed by atoms with Crippen LogP contribution in [0, 0.1) is 0 Å². The zero-order valence-electron chi connectivity index (χ0n) is 13.9. The summed E-state index contributed by atoms with van der Waals surface area (Å²) >= 11 is 0. The lowest BCUT2D eigenvalue weighted by Crippen LogP contribution is -2.26. The van der Waals surface area contributed by atoms with E-state index in [1.165, 1.54) is 13.2 Å². The van der Waals surface area contributed by atoms with Gasteiger partial charge in [-0.1, -0.05) is 42.5 Å². The lowest BCUT2D eigenvalue weighted by Gasteiger charge is -2.10. The molecule has 0 saturated heterocycles. The normalized spacial score (nSPS) is 10.4. The molecule has 0 heterocycles. The van der Waals surface area contributed by atoms with E-state index in [0.717, 1.165) is 5.56 Å². The predicted molar refractivity (Wildman–Crippen MR) is 95.4 cm³/mol. The fourth-order valence-corrected chi connectivity index (χ4v) is 2.45. The molecule has 2 aromatic carbocycles. The molecule has 1 amide bonds. The van der Waals surface area contributed by atoms with Crippen LogP contribution >= 0.6 is 0 Å². The minimum Gasteiger partial charge on any atom is -0.465 e. The monoisotopic (exact) mass is 337 g/mol. The maximum Gasteiger partial charge on any atom is 0.338 e. The van der Waals surface area contributed by atoms with Crippen LogP contribution in [0.2, 0.25) is 0 Å². The first-order valence-electron chi connectivity index (χ1n) is 7.82. The van der Waals surface area contributed by atoms with Gasteiger partial charge in [-0.2, -0.15) is 0 Å². The van der Waals surface area contributed by atoms with Crippen LogP contribution in [0.4, 0.5) is 0 Å². The van der Waals surface area contributed by atoms with Crippen LogP contribution in [0.3, 0.4) is 0 Å². The third-order valence-electron chi connectivity index (χ3n) is 3.66. The maximum atomic E-state index is 12.4. The topological polar surface area (TPSA) is 72.5 Å². The summed E-state index contributed by atoms with van der Waals surface area (Å²) in [5, 5.41) is 2.84. The number of carbonyl (C=O) groups is 3. The average Bonchev–Trinajstić information content (AvgIpc) is 2.66. The van der Waals surface area contributed by atoms with Gasteiger partial charge in [0.15, 0.2) is 0 Å². The van der Waals surface area contributed by atoms with Crippen LogP contribution in [-0.4, -0.2) is 31.8 Å². The van der Waals surface area contributed by atoms with Gasteiger partial charge in [0.2, 0.25) is 0 Å². The summed E-state index contributed by atoms with van der Waals surface area (Å²) < 4.78 is 4.76. The molecule has 0 radical (unpaired) electrons. The Hall–Kier alpha value is -3.21. The van der Waals surface area contributed by atoms with E-state index in [1.54, 1.807) is 42.5 Å². The SMILES string of the molecule is COC(=O)c1ccccc1CCNC(=O)c1ccccc1/C=C/C=O. The molecule has 5 nitrogen and oxygen atoms in total. The highest BCUT2D eigenvalue weighted by molar-refractivity contribution is 5.98. The lowest BCUT2D eigenvalue weighted by atomic mass is 10.0. The van der Waals surface area contributed by atoms with Crippen molar-refractivity contribution in [2.24, 2.45) is 0 Å². The molecule has 25 heavy (non-hydrogen) atoms. The molecule has 0 aromatic heterocycles. The molecule has 0 saturated carbocycles. The van der Waals surface area contributed by atoms with E-state index in [9.17, 15) is 14.4 Å². The van der Waals surface area contributed by atoms with Gasteiger partial charge in [-0.15, -0.1) is 0 Å². The Morgan fingerprint density at radius 2 is 1.72 bits per heavy atom. The molecular weight excluding hydrogens is 318 g/mol. The fraction of sp³-hybridized carbons (Fsp3) is 0.150. The van der Waals surface area contributed by atoms with Gasteiger partial charge in [-0.05, 0) is 35.8 Å². The van der Waals surface area contributed by atoms with E-state index in [0.29, 0.717) is 35.9 Å². The molecule has 0 fully saturated rings. The number of ether oxygens (including phenoxy) is 1. The van der Waals surface area contributed by atoms with E-state index < -0.39 is 5.97 Å². The zero-order valence-corrected chi connectivity index (χ0v) is 13.9. The Morgan fingerprint density at radius 3 is 2.44 bits per heavy atom. The van der Waals surface area contributed by atoms with Gasteiger partial charge in [0.1, 0.15) is 6.29 Å². The van der Waals surface area contributed by atoms with Crippen LogP contribution in [0.5, 0.6) is 0 Å². The smallest absolute Gasteiger partial charge is 0.338 e. The number of aldehydes is 1. The van der Waals surface area contributed by atoms with Crippen molar-refractivity contribution in [3.05, 3.63) is 76.9 Å². The molecule has 128 valence electrons. The third-order valence-corrected chi connectivity index (χ3v) is 3.66. The van der Waals surface area contributed by atoms with Crippen LogP contribution in [-0.2, 0) is 16.0 Å². The second kappa shape index (κ2) is 9.17. The van der Waals surface area contributed by atoms with Crippen LogP contribution < -0.4 is 5.32 Å². The van der Waals surface area contributed by atoms with Crippen molar-refractivity contribution in [2.75, 3.05) is 13.7 Å². The van der Waals surface area contributed by atoms with Gasteiger partial charge >= 0.3 is 5.97 Å². The molecule has 0 unspecified atom stereocenters. The summed E-state index contributed by atoms with van der Waals surface area (Å²) in [7, 11) is 1.34. The van der Waals surface area contributed by atoms with Crippen LogP contribution in [0.15, 0.2) is 54.6 Å². The van der Waals surface area contributed by atoms with Gasteiger partial charge in [-0.25, -0.2) is 4.79 Å². The zero-order chi connectivity index (χ0) is 18.1. The number of nitrogens with one attached hydrogen (secondary N) is 1. The molecule has 0 bridgehead atoms. The van der Waals surface area contributed by atoms with Crippen molar-refractivity contribution in [2.45, 2.75) is 6.42 Å². The van der Waals surface area contributed by atoms with E-state index >= 15 is 0 Å². The van der Waals surface area contributed by atoms with Gasteiger partial charge < -0.3 is 10.1 Å². The Morgan fingerprint density at radius 1 is 1.04 bits per heavy atom. The first kappa shape index (κ1) is 18.1. The van der Waals surface area contributed by atoms with Crippen molar-refractivity contribution in [1.29, 1.82) is 0 Å². The standard InChI is InChI=1S/C20H19NO4/c1-25-20(24)18-11-5-3-8-16(18)12-13-21-19(23)17-10-4-2-7-15(17)9-6-14-22/h2-11,14H,12-13H2,1H3,(H,21,23)/b9-6+. The average molecular weight is 337 g/mol. The van der Waals surface area contributed by atoms with Crippen LogP contribution in [0.1, 0.15) is 31.8 Å². The summed E-state index contributed by atoms with van der Waals surface area (Å²) in [5.74, 6) is -0.632. The number of benzene rings is 2. The van der Waals surface area contributed by atoms with E-state index in [2.05, 4.69) is 5.32 Å². The van der Waals surface area contributed by atoms with Crippen LogP contribution in [0.25, 0.3) is 6.08 Å². The van der Waals surface area contributed by atoms with Gasteiger partial charge in [0.25, 0.3) is 5.91 Å². The van der Waals surface area contributed by atoms with Crippen molar-refractivity contribution in [3.8, 4) is 0 Å². The number of carbonyl (C=O) groups excluding carboxylic acids is 3. The number of rotatable bonds is 7. The Kier molecular flexibility index (Phi) is 6.65. The van der Waals surface area contributed by atoms with E-state index in [1.807, 2.05) is 12.1 Å². The molecule has 1 N–H and O–H groups in total. The predicted octanol–water partition coefficient (Wildman–Crippen LogP) is 2.66. The van der Waals surface area contributed by atoms with Crippen molar-refractivity contribution in [1.82, 2.24) is 5.32 Å². The lowest BCUT2D eigenvalue weighted by molar-refractivity contribution is -0.104. The first-order chi connectivity index (χ1) is 12.2. The van der Waals surface area contributed by atoms with Crippen molar-refractivity contribution < 1.29 is 19.1 Å². The number of allylic oxidation sites excluding steroid dienone is 1. The molecule has 0 aliphatic rings. The Bertz CT molecular complexity index is 796. The quantitative estimate of drug-likeness (QED) is 0.479. The third kappa shape index (κ3) is 4.88. The summed E-state index contributed by atoms with van der Waals surface area (Å²) in [4.78, 5) is 34.6. The number of hydrogen-bond acceptors (Lipinski definition) is 4. The van der Waals surface area contributed by atoms with Crippen molar-refractivity contribution >= 4 is 24.2 Å². The molecule has 2 aromatic rings. The second-order valence-electron chi connectivity index (χ2n) is 5.24. The minimum absolute atomic E-state index is 0.235. The van der Waals surface area contributed by atoms with Crippen molar-refractivity contribution in [3.63, 3.8) is 0 Å². The summed E-state index contributed by atoms with van der Waals surface area (Å²) in [6.07, 6.45) is 4.11. The number of amides is 1. The molecule has 0 spiro atoms. The highest BCUT2D eigenvalue weighted by Gasteiger charge is 2.12. The summed E-state index contributed by atoms with van der Waals surface area (Å²) in [5.41, 5.74) is 2.46. The number of methoxy groups -OCH3 is 1. The summed E-state index contributed by atoms with van der Waals surface area (Å²) in [6.45, 7) is 0.374. The molecule has 0 atom stereocenters. The van der Waals surface area contributed by atoms with Gasteiger partial charge in [0, 0.05) is 12.1 Å². The molecule has 0 aliphatic heterocycles. The van der Waals surface area contributed by atoms with E-state index in [-0.39, 0.29) is 5.91 Å². The highest BCUT2D eigenvalue weighted by Crippen LogP contribution is 2.12. The van der Waals surface area contributed by atoms with Gasteiger partial charge in [-0.3, -0.25) is 9.59 Å². The Balaban J connectivity index is 2.04. The number of esters is 1. The highest BCUT2D eigenvalue weighted by atomic mass is 16.5. The van der Waals surface area contributed by atoms with E-state index in [4.69, 9.17) is 4.74 Å². The maximum absolute atomic E-state index is 12.4. The largest absolute Gasteiger partial charge is 0.465 e.